The highest BCUT2D eigenvalue weighted by Crippen LogP contribution is 2.24. The predicted molar refractivity (Wildman–Crippen MR) is 101 cm³/mol. The van der Waals surface area contributed by atoms with E-state index in [9.17, 15) is 9.59 Å². The van der Waals surface area contributed by atoms with Crippen LogP contribution in [0.3, 0.4) is 0 Å². The van der Waals surface area contributed by atoms with E-state index in [2.05, 4.69) is 11.9 Å². The highest BCUT2D eigenvalue weighted by Gasteiger charge is 2.22. The Hall–Kier alpha value is -2.31. The summed E-state index contributed by atoms with van der Waals surface area (Å²) >= 11 is 7.43. The van der Waals surface area contributed by atoms with Crippen molar-refractivity contribution in [3.8, 4) is 0 Å². The summed E-state index contributed by atoms with van der Waals surface area (Å²) in [6.07, 6.45) is 1.70. The van der Waals surface area contributed by atoms with Crippen LogP contribution in [0, 0.1) is 0 Å². The summed E-state index contributed by atoms with van der Waals surface area (Å²) < 4.78 is 0.703. The maximum Gasteiger partial charge on any atom is 0.321 e. The van der Waals surface area contributed by atoms with Crippen molar-refractivity contribution in [1.29, 1.82) is 0 Å². The number of hydrogen-bond donors (Lipinski definition) is 1. The van der Waals surface area contributed by atoms with Crippen LogP contribution in [0.1, 0.15) is 15.2 Å². The van der Waals surface area contributed by atoms with Gasteiger partial charge in [-0.15, -0.1) is 17.9 Å². The number of carbonyl (C=O) groups excluding carboxylic acids is 2. The highest BCUT2D eigenvalue weighted by molar-refractivity contribution is 7.16. The van der Waals surface area contributed by atoms with Gasteiger partial charge in [-0.05, 0) is 36.4 Å². The molecule has 3 rings (SSSR count). The topological polar surface area (TPSA) is 52.7 Å². The molecule has 0 radical (unpaired) electrons. The van der Waals surface area contributed by atoms with E-state index in [0.717, 1.165) is 10.6 Å². The van der Waals surface area contributed by atoms with Crippen molar-refractivity contribution < 1.29 is 9.59 Å². The third-order valence-electron chi connectivity index (χ3n) is 3.89. The molecule has 3 amide bonds. The molecule has 0 atom stereocenters. The van der Waals surface area contributed by atoms with Crippen molar-refractivity contribution in [1.82, 2.24) is 10.2 Å². The summed E-state index contributed by atoms with van der Waals surface area (Å²) in [5.41, 5.74) is 1.36. The molecule has 1 aliphatic rings. The Kier molecular flexibility index (Phi) is 5.40. The molecular formula is C18H18ClN3O2S. The number of amides is 3. The molecule has 0 unspecified atom stereocenters. The van der Waals surface area contributed by atoms with E-state index in [-0.39, 0.29) is 11.9 Å². The van der Waals surface area contributed by atoms with Crippen LogP contribution in [-0.4, -0.2) is 36.5 Å². The Balaban J connectivity index is 1.74. The highest BCUT2D eigenvalue weighted by atomic mass is 35.5. The molecule has 130 valence electrons. The van der Waals surface area contributed by atoms with Crippen molar-refractivity contribution >= 4 is 40.6 Å². The lowest BCUT2D eigenvalue weighted by Gasteiger charge is -2.21. The summed E-state index contributed by atoms with van der Waals surface area (Å²) in [4.78, 5) is 28.9. The molecule has 5 nitrogen and oxygen atoms in total. The molecule has 0 aliphatic carbocycles. The summed E-state index contributed by atoms with van der Waals surface area (Å²) in [5.74, 6) is -0.0816. The van der Waals surface area contributed by atoms with Gasteiger partial charge in [-0.3, -0.25) is 9.69 Å². The van der Waals surface area contributed by atoms with E-state index in [1.807, 2.05) is 12.1 Å². The second-order valence-electron chi connectivity index (χ2n) is 5.61. The van der Waals surface area contributed by atoms with Crippen molar-refractivity contribution in [3.05, 3.63) is 63.8 Å². The zero-order chi connectivity index (χ0) is 17.8. The minimum atomic E-state index is -0.109. The number of carbonyl (C=O) groups is 2. The van der Waals surface area contributed by atoms with Gasteiger partial charge in [-0.1, -0.05) is 17.7 Å². The lowest BCUT2D eigenvalue weighted by Crippen LogP contribution is -2.30. The number of thiophene rings is 1. The van der Waals surface area contributed by atoms with Gasteiger partial charge in [0.25, 0.3) is 5.91 Å². The maximum absolute atomic E-state index is 12.8. The van der Waals surface area contributed by atoms with Crippen molar-refractivity contribution in [2.45, 2.75) is 6.54 Å². The Morgan fingerprint density at radius 3 is 2.64 bits per heavy atom. The van der Waals surface area contributed by atoms with Gasteiger partial charge in [-0.2, -0.15) is 0 Å². The standard InChI is InChI=1S/C18H18ClN3O2S/c1-2-10-21(12-15-7-8-16(19)25-15)17(23)13-3-5-14(6-4-13)22-11-9-20-18(22)24/h2-8H,1,9-12H2,(H,20,24). The summed E-state index contributed by atoms with van der Waals surface area (Å²) in [7, 11) is 0. The molecule has 2 heterocycles. The number of hydrogen-bond acceptors (Lipinski definition) is 3. The monoisotopic (exact) mass is 375 g/mol. The van der Waals surface area contributed by atoms with Crippen LogP contribution in [0.15, 0.2) is 49.1 Å². The molecule has 0 saturated carbocycles. The first-order chi connectivity index (χ1) is 12.1. The fourth-order valence-corrected chi connectivity index (χ4v) is 3.79. The normalized spacial score (nSPS) is 13.6. The molecule has 1 aromatic heterocycles. The first-order valence-electron chi connectivity index (χ1n) is 7.88. The fourth-order valence-electron chi connectivity index (χ4n) is 2.68. The third kappa shape index (κ3) is 4.03. The molecule has 0 spiro atoms. The van der Waals surface area contributed by atoms with E-state index >= 15 is 0 Å². The number of nitrogens with one attached hydrogen (secondary N) is 1. The quantitative estimate of drug-likeness (QED) is 0.781. The maximum atomic E-state index is 12.8. The van der Waals surface area contributed by atoms with E-state index in [1.165, 1.54) is 11.3 Å². The second-order valence-corrected chi connectivity index (χ2v) is 7.41. The SMILES string of the molecule is C=CCN(Cc1ccc(Cl)s1)C(=O)c1ccc(N2CCNC2=O)cc1. The summed E-state index contributed by atoms with van der Waals surface area (Å²) in [5, 5.41) is 2.76. The minimum absolute atomic E-state index is 0.0816. The molecule has 1 N–H and O–H groups in total. The van der Waals surface area contributed by atoms with E-state index in [1.54, 1.807) is 40.1 Å². The number of anilines is 1. The molecule has 1 aliphatic heterocycles. The number of urea groups is 1. The third-order valence-corrected chi connectivity index (χ3v) is 5.11. The van der Waals surface area contributed by atoms with E-state index in [4.69, 9.17) is 11.6 Å². The van der Waals surface area contributed by atoms with Gasteiger partial charge in [0, 0.05) is 35.8 Å². The second kappa shape index (κ2) is 7.72. The van der Waals surface area contributed by atoms with Gasteiger partial charge >= 0.3 is 6.03 Å². The lowest BCUT2D eigenvalue weighted by molar-refractivity contribution is 0.0764. The van der Waals surface area contributed by atoms with Crippen molar-refractivity contribution in [3.63, 3.8) is 0 Å². The van der Waals surface area contributed by atoms with E-state index in [0.29, 0.717) is 36.1 Å². The summed E-state index contributed by atoms with van der Waals surface area (Å²) in [6.45, 7) is 5.93. The molecule has 1 fully saturated rings. The Morgan fingerprint density at radius 1 is 1.32 bits per heavy atom. The Morgan fingerprint density at radius 2 is 2.08 bits per heavy atom. The molecule has 1 saturated heterocycles. The number of rotatable bonds is 6. The van der Waals surface area contributed by atoms with Gasteiger partial charge < -0.3 is 10.2 Å². The first-order valence-corrected chi connectivity index (χ1v) is 9.08. The number of benzene rings is 1. The average Bonchev–Trinajstić information content (AvgIpc) is 3.22. The van der Waals surface area contributed by atoms with Crippen LogP contribution < -0.4 is 10.2 Å². The average molecular weight is 376 g/mol. The van der Waals surface area contributed by atoms with Crippen molar-refractivity contribution in [2.75, 3.05) is 24.5 Å². The number of halogens is 1. The van der Waals surface area contributed by atoms with Gasteiger partial charge in [0.1, 0.15) is 0 Å². The van der Waals surface area contributed by atoms with Gasteiger partial charge in [0.05, 0.1) is 10.9 Å². The van der Waals surface area contributed by atoms with Crippen LogP contribution in [0.25, 0.3) is 0 Å². The predicted octanol–water partition coefficient (Wildman–Crippen LogP) is 3.76. The van der Waals surface area contributed by atoms with Crippen LogP contribution >= 0.6 is 22.9 Å². The number of nitrogens with zero attached hydrogens (tertiary/aromatic N) is 2. The van der Waals surface area contributed by atoms with Crippen molar-refractivity contribution in [2.24, 2.45) is 0 Å². The van der Waals surface area contributed by atoms with Crippen LogP contribution in [0.4, 0.5) is 10.5 Å². The fraction of sp³-hybridized carbons (Fsp3) is 0.222. The molecule has 25 heavy (non-hydrogen) atoms. The Bertz CT molecular complexity index is 788. The minimum Gasteiger partial charge on any atom is -0.336 e. The molecule has 1 aromatic carbocycles. The smallest absolute Gasteiger partial charge is 0.321 e. The van der Waals surface area contributed by atoms with Crippen LogP contribution in [0.5, 0.6) is 0 Å². The Labute approximate surface area is 155 Å². The molecule has 2 aromatic rings. The molecule has 0 bridgehead atoms. The van der Waals surface area contributed by atoms with E-state index < -0.39 is 0 Å². The first kappa shape index (κ1) is 17.5. The lowest BCUT2D eigenvalue weighted by atomic mass is 10.1. The zero-order valence-electron chi connectivity index (χ0n) is 13.6. The van der Waals surface area contributed by atoms with Crippen LogP contribution in [-0.2, 0) is 6.54 Å². The van der Waals surface area contributed by atoms with Gasteiger partial charge in [0.15, 0.2) is 0 Å². The van der Waals surface area contributed by atoms with Gasteiger partial charge in [0.2, 0.25) is 0 Å². The molecular weight excluding hydrogens is 358 g/mol. The summed E-state index contributed by atoms with van der Waals surface area (Å²) in [6, 6.07) is 10.7. The van der Waals surface area contributed by atoms with Crippen LogP contribution in [0.2, 0.25) is 4.34 Å². The largest absolute Gasteiger partial charge is 0.336 e. The zero-order valence-corrected chi connectivity index (χ0v) is 15.1. The molecule has 7 heteroatoms. The van der Waals surface area contributed by atoms with Gasteiger partial charge in [-0.25, -0.2) is 4.79 Å².